The van der Waals surface area contributed by atoms with Crippen LogP contribution in [0.25, 0.3) is 10.9 Å². The van der Waals surface area contributed by atoms with Gasteiger partial charge in [0, 0.05) is 35.9 Å². The first-order valence-corrected chi connectivity index (χ1v) is 7.47. The van der Waals surface area contributed by atoms with Crippen LogP contribution in [0.1, 0.15) is 19.3 Å². The van der Waals surface area contributed by atoms with Crippen molar-refractivity contribution in [3.05, 3.63) is 30.5 Å². The minimum atomic E-state index is 0.560. The number of hydrogen-bond donors (Lipinski definition) is 2. The van der Waals surface area contributed by atoms with Gasteiger partial charge in [-0.05, 0) is 50.1 Å². The van der Waals surface area contributed by atoms with Crippen molar-refractivity contribution < 1.29 is 0 Å². The predicted molar refractivity (Wildman–Crippen MR) is 82.8 cm³/mol. The van der Waals surface area contributed by atoms with Crippen molar-refractivity contribution >= 4 is 22.3 Å². The van der Waals surface area contributed by atoms with Crippen molar-refractivity contribution in [2.24, 2.45) is 0 Å². The van der Waals surface area contributed by atoms with Gasteiger partial charge in [-0.25, -0.2) is 0 Å². The summed E-state index contributed by atoms with van der Waals surface area (Å²) in [6.07, 6.45) is 5.70. The van der Waals surface area contributed by atoms with Crippen LogP contribution in [0.2, 0.25) is 0 Å². The van der Waals surface area contributed by atoms with Crippen molar-refractivity contribution in [1.29, 1.82) is 0 Å². The van der Waals surface area contributed by atoms with E-state index in [1.165, 1.54) is 38.0 Å². The van der Waals surface area contributed by atoms with Gasteiger partial charge in [0.05, 0.1) is 11.2 Å². The minimum Gasteiger partial charge on any atom is -0.397 e. The van der Waals surface area contributed by atoms with E-state index >= 15 is 0 Å². The topological polar surface area (TPSA) is 54.2 Å². The molecule has 2 unspecified atom stereocenters. The second-order valence-corrected chi connectivity index (χ2v) is 5.89. The van der Waals surface area contributed by atoms with Crippen molar-refractivity contribution in [1.82, 2.24) is 9.88 Å². The summed E-state index contributed by atoms with van der Waals surface area (Å²) < 4.78 is 0. The summed E-state index contributed by atoms with van der Waals surface area (Å²) in [6, 6.07) is 9.39. The number of benzene rings is 1. The van der Waals surface area contributed by atoms with Crippen LogP contribution < -0.4 is 11.1 Å². The van der Waals surface area contributed by atoms with Crippen LogP contribution in [0.4, 0.5) is 11.4 Å². The molecule has 0 radical (unpaired) electrons. The number of nitrogens with zero attached hydrogens (tertiary/aromatic N) is 2. The zero-order chi connectivity index (χ0) is 13.5. The van der Waals surface area contributed by atoms with Gasteiger partial charge in [0.25, 0.3) is 0 Å². The molecule has 4 heteroatoms. The molecule has 2 aliphatic heterocycles. The second-order valence-electron chi connectivity index (χ2n) is 5.89. The number of nitrogens with two attached hydrogens (primary N) is 1. The maximum atomic E-state index is 6.02. The van der Waals surface area contributed by atoms with E-state index in [1.807, 2.05) is 12.1 Å². The Morgan fingerprint density at radius 3 is 3.10 bits per heavy atom. The lowest BCUT2D eigenvalue weighted by molar-refractivity contribution is 0.318. The molecular weight excluding hydrogens is 248 g/mol. The molecule has 2 saturated heterocycles. The Balaban J connectivity index is 1.68. The highest BCUT2D eigenvalue weighted by molar-refractivity contribution is 5.98. The first-order valence-electron chi connectivity index (χ1n) is 7.47. The van der Waals surface area contributed by atoms with Crippen LogP contribution in [0.3, 0.4) is 0 Å². The van der Waals surface area contributed by atoms with Crippen LogP contribution in [-0.2, 0) is 0 Å². The van der Waals surface area contributed by atoms with Gasteiger partial charge < -0.3 is 11.1 Å². The van der Waals surface area contributed by atoms with Crippen LogP contribution >= 0.6 is 0 Å². The Bertz CT molecular complexity index is 639. The summed E-state index contributed by atoms with van der Waals surface area (Å²) in [7, 11) is 0. The third kappa shape index (κ3) is 1.83. The van der Waals surface area contributed by atoms with Crippen molar-refractivity contribution in [2.75, 3.05) is 24.1 Å². The van der Waals surface area contributed by atoms with E-state index in [0.29, 0.717) is 12.1 Å². The Kier molecular flexibility index (Phi) is 2.77. The van der Waals surface area contributed by atoms with Crippen LogP contribution in [0.15, 0.2) is 30.5 Å². The SMILES string of the molecule is Nc1ccc(NC2CCN3CCCC23)c2cccnc12. The highest BCUT2D eigenvalue weighted by Crippen LogP contribution is 2.33. The lowest BCUT2D eigenvalue weighted by Gasteiger charge is -2.23. The third-order valence-electron chi connectivity index (χ3n) is 4.75. The predicted octanol–water partition coefficient (Wildman–Crippen LogP) is 2.47. The van der Waals surface area contributed by atoms with Gasteiger partial charge in [-0.1, -0.05) is 0 Å². The van der Waals surface area contributed by atoms with Gasteiger partial charge in [0.15, 0.2) is 0 Å². The third-order valence-corrected chi connectivity index (χ3v) is 4.75. The molecule has 4 rings (SSSR count). The second kappa shape index (κ2) is 4.63. The maximum Gasteiger partial charge on any atom is 0.0951 e. The quantitative estimate of drug-likeness (QED) is 0.822. The monoisotopic (exact) mass is 268 g/mol. The zero-order valence-corrected chi connectivity index (χ0v) is 11.5. The average Bonchev–Trinajstić information content (AvgIpc) is 3.07. The Labute approximate surface area is 119 Å². The number of nitrogen functional groups attached to an aromatic ring is 1. The van der Waals surface area contributed by atoms with E-state index in [9.17, 15) is 0 Å². The van der Waals surface area contributed by atoms with E-state index in [2.05, 4.69) is 27.3 Å². The molecule has 2 atom stereocenters. The summed E-state index contributed by atoms with van der Waals surface area (Å²) in [5.41, 5.74) is 8.84. The Morgan fingerprint density at radius 2 is 2.15 bits per heavy atom. The Hall–Kier alpha value is -1.81. The molecule has 0 spiro atoms. The molecule has 104 valence electrons. The number of anilines is 2. The molecule has 1 aromatic heterocycles. The largest absolute Gasteiger partial charge is 0.397 e. The number of fused-ring (bicyclic) bond motifs is 2. The van der Waals surface area contributed by atoms with E-state index < -0.39 is 0 Å². The summed E-state index contributed by atoms with van der Waals surface area (Å²) in [5, 5.41) is 4.87. The summed E-state index contributed by atoms with van der Waals surface area (Å²) in [5.74, 6) is 0. The van der Waals surface area contributed by atoms with E-state index in [-0.39, 0.29) is 0 Å². The molecular formula is C16H20N4. The molecule has 4 nitrogen and oxygen atoms in total. The summed E-state index contributed by atoms with van der Waals surface area (Å²) in [4.78, 5) is 7.03. The molecule has 0 amide bonds. The fraction of sp³-hybridized carbons (Fsp3) is 0.438. The number of pyridine rings is 1. The molecule has 2 aromatic rings. The molecule has 2 fully saturated rings. The molecule has 0 saturated carbocycles. The number of hydrogen-bond acceptors (Lipinski definition) is 4. The maximum absolute atomic E-state index is 6.02. The molecule has 3 N–H and O–H groups in total. The lowest BCUT2D eigenvalue weighted by atomic mass is 10.0. The molecule has 20 heavy (non-hydrogen) atoms. The van der Waals surface area contributed by atoms with E-state index in [0.717, 1.165) is 16.6 Å². The van der Waals surface area contributed by atoms with Crippen LogP contribution in [0, 0.1) is 0 Å². The first kappa shape index (κ1) is 12.0. The highest BCUT2D eigenvalue weighted by atomic mass is 15.2. The molecule has 3 heterocycles. The van der Waals surface area contributed by atoms with E-state index in [1.54, 1.807) is 6.20 Å². The summed E-state index contributed by atoms with van der Waals surface area (Å²) >= 11 is 0. The fourth-order valence-corrected chi connectivity index (χ4v) is 3.77. The van der Waals surface area contributed by atoms with Crippen LogP contribution in [0.5, 0.6) is 0 Å². The van der Waals surface area contributed by atoms with Gasteiger partial charge in [-0.15, -0.1) is 0 Å². The van der Waals surface area contributed by atoms with Crippen LogP contribution in [-0.4, -0.2) is 35.1 Å². The van der Waals surface area contributed by atoms with Gasteiger partial charge in [-0.3, -0.25) is 9.88 Å². The highest BCUT2D eigenvalue weighted by Gasteiger charge is 2.37. The van der Waals surface area contributed by atoms with Crippen molar-refractivity contribution in [3.63, 3.8) is 0 Å². The van der Waals surface area contributed by atoms with Gasteiger partial charge >= 0.3 is 0 Å². The number of nitrogens with one attached hydrogen (secondary N) is 1. The van der Waals surface area contributed by atoms with Crippen molar-refractivity contribution in [3.8, 4) is 0 Å². The van der Waals surface area contributed by atoms with Gasteiger partial charge in [0.2, 0.25) is 0 Å². The molecule has 2 aliphatic rings. The number of rotatable bonds is 2. The molecule has 0 aliphatic carbocycles. The molecule has 1 aromatic carbocycles. The van der Waals surface area contributed by atoms with Gasteiger partial charge in [0.1, 0.15) is 0 Å². The standard InChI is InChI=1S/C16H20N4/c17-12-5-6-13(11-3-1-8-18-16(11)12)19-14-7-10-20-9-2-4-15(14)20/h1,3,5-6,8,14-15,19H,2,4,7,9-10,17H2. The van der Waals surface area contributed by atoms with E-state index in [4.69, 9.17) is 5.73 Å². The first-order chi connectivity index (χ1) is 9.83. The Morgan fingerprint density at radius 1 is 1.20 bits per heavy atom. The lowest BCUT2D eigenvalue weighted by Crippen LogP contribution is -2.33. The number of aromatic nitrogens is 1. The minimum absolute atomic E-state index is 0.560. The summed E-state index contributed by atoms with van der Waals surface area (Å²) in [6.45, 7) is 2.50. The normalized spacial score (nSPS) is 26.0. The zero-order valence-electron chi connectivity index (χ0n) is 11.5. The molecule has 0 bridgehead atoms. The average molecular weight is 268 g/mol. The van der Waals surface area contributed by atoms with Gasteiger partial charge in [-0.2, -0.15) is 0 Å². The van der Waals surface area contributed by atoms with Crippen molar-refractivity contribution in [2.45, 2.75) is 31.3 Å². The smallest absolute Gasteiger partial charge is 0.0951 e. The fourth-order valence-electron chi connectivity index (χ4n) is 3.77.